The number of nitrogens with zero attached hydrogens (tertiary/aromatic N) is 3. The molecule has 0 fully saturated rings. The highest BCUT2D eigenvalue weighted by atomic mass is 79.9. The number of hydrogen-bond donors (Lipinski definition) is 0. The highest BCUT2D eigenvalue weighted by molar-refractivity contribution is 9.10. The molecule has 2 aromatic carbocycles. The van der Waals surface area contributed by atoms with Crippen LogP contribution in [0.1, 0.15) is 58.8 Å². The summed E-state index contributed by atoms with van der Waals surface area (Å²) < 4.78 is 13.9. The van der Waals surface area contributed by atoms with Gasteiger partial charge in [-0.25, -0.2) is 4.98 Å². The van der Waals surface area contributed by atoms with Crippen LogP contribution in [0.4, 0.5) is 0 Å². The summed E-state index contributed by atoms with van der Waals surface area (Å²) >= 11 is 9.96. The van der Waals surface area contributed by atoms with Crippen molar-refractivity contribution in [3.8, 4) is 11.5 Å². The molecule has 0 aliphatic heterocycles. The molecule has 0 aliphatic rings. The Balaban J connectivity index is 2.06. The topological polar surface area (TPSA) is 65.7 Å². The zero-order valence-corrected chi connectivity index (χ0v) is 22.1. The molecule has 176 valence electrons. The quantitative estimate of drug-likeness (QED) is 0.319. The van der Waals surface area contributed by atoms with E-state index in [-0.39, 0.29) is 16.9 Å². The van der Waals surface area contributed by atoms with E-state index in [0.717, 1.165) is 4.47 Å². The van der Waals surface area contributed by atoms with Crippen molar-refractivity contribution in [1.82, 2.24) is 9.66 Å². The second-order valence-corrected chi connectivity index (χ2v) is 10.6. The lowest BCUT2D eigenvalue weighted by atomic mass is 9.99. The Morgan fingerprint density at radius 2 is 1.94 bits per heavy atom. The maximum absolute atomic E-state index is 13.2. The molecule has 0 radical (unpaired) electrons. The van der Waals surface area contributed by atoms with Crippen molar-refractivity contribution < 1.29 is 9.47 Å². The Hall–Kier alpha value is -2.38. The van der Waals surface area contributed by atoms with E-state index in [4.69, 9.17) is 21.1 Å². The van der Waals surface area contributed by atoms with Gasteiger partial charge in [0.05, 0.1) is 35.4 Å². The minimum absolute atomic E-state index is 0.00125. The molecule has 0 bridgehead atoms. The molecule has 0 N–H and O–H groups in total. The molecule has 0 atom stereocenters. The van der Waals surface area contributed by atoms with Gasteiger partial charge in [-0.2, -0.15) is 9.78 Å². The predicted molar refractivity (Wildman–Crippen MR) is 138 cm³/mol. The van der Waals surface area contributed by atoms with Gasteiger partial charge < -0.3 is 9.47 Å². The van der Waals surface area contributed by atoms with Crippen molar-refractivity contribution in [1.29, 1.82) is 0 Å². The Labute approximate surface area is 207 Å². The predicted octanol–water partition coefficient (Wildman–Crippen LogP) is 6.64. The normalized spacial score (nSPS) is 12.2. The number of aromatic nitrogens is 2. The number of hydrogen-bond acceptors (Lipinski definition) is 5. The van der Waals surface area contributed by atoms with E-state index in [1.54, 1.807) is 18.3 Å². The molecule has 3 rings (SSSR count). The largest absolute Gasteiger partial charge is 0.490 e. The summed E-state index contributed by atoms with van der Waals surface area (Å²) in [6.07, 6.45) is 1.58. The van der Waals surface area contributed by atoms with Crippen LogP contribution in [-0.2, 0) is 0 Å². The highest BCUT2D eigenvalue weighted by Gasteiger charge is 2.18. The van der Waals surface area contributed by atoms with E-state index < -0.39 is 0 Å². The van der Waals surface area contributed by atoms with E-state index in [2.05, 4.69) is 46.8 Å². The van der Waals surface area contributed by atoms with Gasteiger partial charge in [0, 0.05) is 10.4 Å². The standard InChI is InChI=1S/C25H29BrClN3O3/c1-7-32-21-11-16(10-19(27)22(21)33-14-25(4,5)6)13-28-30-23(15(2)3)29-20-9-8-17(26)12-18(20)24(30)31/h8-13,15H,7,14H2,1-6H3. The molecule has 0 aliphatic carbocycles. The van der Waals surface area contributed by atoms with Gasteiger partial charge in [-0.1, -0.05) is 62.1 Å². The maximum atomic E-state index is 13.2. The average Bonchev–Trinajstić information content (AvgIpc) is 2.72. The first-order chi connectivity index (χ1) is 15.5. The fourth-order valence-electron chi connectivity index (χ4n) is 3.13. The average molecular weight is 535 g/mol. The van der Waals surface area contributed by atoms with E-state index in [1.807, 2.05) is 39.0 Å². The molecule has 0 amide bonds. The zero-order chi connectivity index (χ0) is 24.3. The molecular weight excluding hydrogens is 506 g/mol. The van der Waals surface area contributed by atoms with Crippen molar-refractivity contribution >= 4 is 44.6 Å². The first-order valence-electron chi connectivity index (χ1n) is 10.9. The fourth-order valence-corrected chi connectivity index (χ4v) is 3.76. The van der Waals surface area contributed by atoms with Crippen LogP contribution in [0.3, 0.4) is 0 Å². The lowest BCUT2D eigenvalue weighted by molar-refractivity contribution is 0.189. The molecule has 0 spiro atoms. The van der Waals surface area contributed by atoms with E-state index in [0.29, 0.717) is 52.0 Å². The summed E-state index contributed by atoms with van der Waals surface area (Å²) in [5, 5.41) is 5.39. The highest BCUT2D eigenvalue weighted by Crippen LogP contribution is 2.37. The van der Waals surface area contributed by atoms with Gasteiger partial charge >= 0.3 is 0 Å². The molecule has 0 saturated carbocycles. The summed E-state index contributed by atoms with van der Waals surface area (Å²) in [5.41, 5.74) is 1.06. The maximum Gasteiger partial charge on any atom is 0.282 e. The third kappa shape index (κ3) is 6.15. The number of fused-ring (bicyclic) bond motifs is 1. The van der Waals surface area contributed by atoms with Gasteiger partial charge in [-0.05, 0) is 48.2 Å². The molecule has 0 unspecified atom stereocenters. The van der Waals surface area contributed by atoms with Crippen LogP contribution in [0, 0.1) is 5.41 Å². The van der Waals surface area contributed by atoms with Gasteiger partial charge in [0.2, 0.25) is 0 Å². The van der Waals surface area contributed by atoms with E-state index in [9.17, 15) is 4.79 Å². The summed E-state index contributed by atoms with van der Waals surface area (Å²) in [6, 6.07) is 9.00. The molecule has 1 heterocycles. The molecule has 8 heteroatoms. The van der Waals surface area contributed by atoms with Crippen LogP contribution < -0.4 is 15.0 Å². The lowest BCUT2D eigenvalue weighted by Gasteiger charge is -2.21. The van der Waals surface area contributed by atoms with Gasteiger partial charge in [0.1, 0.15) is 5.82 Å². The summed E-state index contributed by atoms with van der Waals surface area (Å²) in [7, 11) is 0. The summed E-state index contributed by atoms with van der Waals surface area (Å²) in [4.78, 5) is 17.9. The van der Waals surface area contributed by atoms with Crippen molar-refractivity contribution in [2.24, 2.45) is 10.5 Å². The van der Waals surface area contributed by atoms with Crippen molar-refractivity contribution in [3.05, 3.63) is 61.6 Å². The second kappa shape index (κ2) is 10.3. The zero-order valence-electron chi connectivity index (χ0n) is 19.8. The van der Waals surface area contributed by atoms with Gasteiger partial charge in [0.25, 0.3) is 5.56 Å². The van der Waals surface area contributed by atoms with Crippen LogP contribution in [0.2, 0.25) is 5.02 Å². The Morgan fingerprint density at radius 3 is 2.58 bits per heavy atom. The van der Waals surface area contributed by atoms with Crippen LogP contribution in [0.25, 0.3) is 10.9 Å². The molecule has 0 saturated heterocycles. The first-order valence-corrected chi connectivity index (χ1v) is 12.0. The molecule has 3 aromatic rings. The summed E-state index contributed by atoms with van der Waals surface area (Å²) in [6.45, 7) is 13.1. The minimum atomic E-state index is -0.234. The Bertz CT molecular complexity index is 1250. The molecule has 1 aromatic heterocycles. The second-order valence-electron chi connectivity index (χ2n) is 9.26. The van der Waals surface area contributed by atoms with E-state index >= 15 is 0 Å². The number of benzene rings is 2. The van der Waals surface area contributed by atoms with Crippen molar-refractivity contribution in [2.45, 2.75) is 47.5 Å². The van der Waals surface area contributed by atoms with Gasteiger partial charge in [-0.15, -0.1) is 0 Å². The molecular formula is C25H29BrClN3O3. The third-order valence-electron chi connectivity index (χ3n) is 4.65. The monoisotopic (exact) mass is 533 g/mol. The summed E-state index contributed by atoms with van der Waals surface area (Å²) in [5.74, 6) is 1.61. The SMILES string of the molecule is CCOc1cc(C=Nn2c(C(C)C)nc3ccc(Br)cc3c2=O)cc(Cl)c1OCC(C)(C)C. The minimum Gasteiger partial charge on any atom is -0.490 e. The number of ether oxygens (including phenoxy) is 2. The van der Waals surface area contributed by atoms with E-state index in [1.165, 1.54) is 4.68 Å². The van der Waals surface area contributed by atoms with Crippen molar-refractivity contribution in [3.63, 3.8) is 0 Å². The van der Waals surface area contributed by atoms with Crippen LogP contribution in [-0.4, -0.2) is 29.1 Å². The lowest BCUT2D eigenvalue weighted by Crippen LogP contribution is -2.23. The van der Waals surface area contributed by atoms with Crippen LogP contribution in [0.5, 0.6) is 11.5 Å². The van der Waals surface area contributed by atoms with Gasteiger partial charge in [-0.3, -0.25) is 4.79 Å². The van der Waals surface area contributed by atoms with Crippen LogP contribution >= 0.6 is 27.5 Å². The Kier molecular flexibility index (Phi) is 7.85. The van der Waals surface area contributed by atoms with Gasteiger partial charge in [0.15, 0.2) is 11.5 Å². The number of rotatable bonds is 7. The Morgan fingerprint density at radius 1 is 1.21 bits per heavy atom. The number of halogens is 2. The van der Waals surface area contributed by atoms with Crippen LogP contribution in [0.15, 0.2) is 44.7 Å². The van der Waals surface area contributed by atoms with Crippen molar-refractivity contribution in [2.75, 3.05) is 13.2 Å². The molecule has 33 heavy (non-hydrogen) atoms. The third-order valence-corrected chi connectivity index (χ3v) is 5.43. The fraction of sp³-hybridized carbons (Fsp3) is 0.400. The smallest absolute Gasteiger partial charge is 0.282 e. The first kappa shape index (κ1) is 25.2. The molecule has 6 nitrogen and oxygen atoms in total.